The molecule has 1 heterocycles. The summed E-state index contributed by atoms with van der Waals surface area (Å²) in [5, 5.41) is 5.23. The molecule has 154 valence electrons. The summed E-state index contributed by atoms with van der Waals surface area (Å²) < 4.78 is 5.99. The van der Waals surface area contributed by atoms with Crippen molar-refractivity contribution >= 4 is 34.3 Å². The van der Waals surface area contributed by atoms with Crippen molar-refractivity contribution in [2.75, 3.05) is 17.6 Å². The second-order valence-electron chi connectivity index (χ2n) is 7.36. The zero-order chi connectivity index (χ0) is 21.0. The van der Waals surface area contributed by atoms with Crippen LogP contribution in [0.3, 0.4) is 0 Å². The molecule has 0 aromatic heterocycles. The highest BCUT2D eigenvalue weighted by Gasteiger charge is 2.31. The maximum absolute atomic E-state index is 13.2. The van der Waals surface area contributed by atoms with E-state index in [-0.39, 0.29) is 11.4 Å². The normalized spacial score (nSPS) is 15.7. The molecule has 0 bridgehead atoms. The zero-order valence-electron chi connectivity index (χ0n) is 16.9. The zero-order valence-corrected chi connectivity index (χ0v) is 17.7. The molecule has 4 nitrogen and oxygen atoms in total. The molecular weight excluding hydrogens is 404 g/mol. The molecule has 31 heavy (non-hydrogen) atoms. The van der Waals surface area contributed by atoms with Crippen LogP contribution in [0.15, 0.2) is 97.1 Å². The number of rotatable bonds is 4. The lowest BCUT2D eigenvalue weighted by Crippen LogP contribution is -2.34. The van der Waals surface area contributed by atoms with E-state index >= 15 is 0 Å². The van der Waals surface area contributed by atoms with Crippen LogP contribution >= 0.6 is 11.8 Å². The number of anilines is 1. The van der Waals surface area contributed by atoms with Crippen molar-refractivity contribution in [2.24, 2.45) is 0 Å². The molecule has 1 atom stereocenters. The molecule has 1 aliphatic rings. The fourth-order valence-electron chi connectivity index (χ4n) is 3.83. The molecular formula is C26H22N2O2S. The molecule has 0 aliphatic carbocycles. The van der Waals surface area contributed by atoms with Gasteiger partial charge in [0.2, 0.25) is 0 Å². The highest BCUT2D eigenvalue weighted by atomic mass is 32.2. The van der Waals surface area contributed by atoms with E-state index in [1.54, 1.807) is 11.8 Å². The van der Waals surface area contributed by atoms with Crippen LogP contribution in [0.1, 0.15) is 10.9 Å². The Labute approximate surface area is 185 Å². The minimum atomic E-state index is -0.0827. The van der Waals surface area contributed by atoms with Gasteiger partial charge in [-0.15, -0.1) is 11.8 Å². The summed E-state index contributed by atoms with van der Waals surface area (Å²) >= 11 is 1.77. The van der Waals surface area contributed by atoms with Crippen molar-refractivity contribution in [2.45, 2.75) is 5.37 Å². The highest BCUT2D eigenvalue weighted by molar-refractivity contribution is 7.99. The van der Waals surface area contributed by atoms with Crippen molar-refractivity contribution in [3.8, 4) is 11.5 Å². The molecule has 1 N–H and O–H groups in total. The van der Waals surface area contributed by atoms with Crippen LogP contribution in [0, 0.1) is 0 Å². The number of amides is 2. The predicted molar refractivity (Wildman–Crippen MR) is 128 cm³/mol. The number of carbonyl (C=O) groups excluding carboxylic acids is 1. The third-order valence-electron chi connectivity index (χ3n) is 5.31. The van der Waals surface area contributed by atoms with Gasteiger partial charge in [-0.1, -0.05) is 66.7 Å². The van der Waals surface area contributed by atoms with E-state index in [0.29, 0.717) is 6.54 Å². The fraction of sp³-hybridized carbons (Fsp3) is 0.115. The number of nitrogens with zero attached hydrogens (tertiary/aromatic N) is 1. The van der Waals surface area contributed by atoms with E-state index in [9.17, 15) is 4.79 Å². The van der Waals surface area contributed by atoms with Gasteiger partial charge in [0.05, 0.1) is 5.69 Å². The van der Waals surface area contributed by atoms with Crippen molar-refractivity contribution in [3.05, 3.63) is 103 Å². The fourth-order valence-corrected chi connectivity index (χ4v) is 5.08. The van der Waals surface area contributed by atoms with Crippen LogP contribution in [0.4, 0.5) is 10.5 Å². The van der Waals surface area contributed by atoms with E-state index in [4.69, 9.17) is 4.74 Å². The number of fused-ring (bicyclic) bond motifs is 1. The number of para-hydroxylation sites is 1. The van der Waals surface area contributed by atoms with Crippen LogP contribution in [-0.4, -0.2) is 23.2 Å². The topological polar surface area (TPSA) is 41.6 Å². The van der Waals surface area contributed by atoms with Gasteiger partial charge >= 0.3 is 6.03 Å². The largest absolute Gasteiger partial charge is 0.457 e. The standard InChI is InChI=1S/C26H22N2O2S/c29-26(27-24-15-7-9-19-8-4-5-14-23(19)24)28-16-17-31-25(28)20-10-6-13-22(18-20)30-21-11-2-1-3-12-21/h1-15,18,25H,16-17H2,(H,27,29). The third-order valence-corrected chi connectivity index (χ3v) is 6.57. The average molecular weight is 427 g/mol. The lowest BCUT2D eigenvalue weighted by molar-refractivity contribution is 0.214. The Morgan fingerprint density at radius 1 is 0.871 bits per heavy atom. The van der Waals surface area contributed by atoms with Gasteiger partial charge < -0.3 is 15.0 Å². The van der Waals surface area contributed by atoms with Crippen LogP contribution in [0.25, 0.3) is 10.8 Å². The van der Waals surface area contributed by atoms with Crippen molar-refractivity contribution in [1.82, 2.24) is 4.90 Å². The van der Waals surface area contributed by atoms with E-state index in [1.165, 1.54) is 0 Å². The van der Waals surface area contributed by atoms with Crippen LogP contribution < -0.4 is 10.1 Å². The summed E-state index contributed by atoms with van der Waals surface area (Å²) in [5.41, 5.74) is 1.89. The number of hydrogen-bond acceptors (Lipinski definition) is 3. The first kappa shape index (κ1) is 19.5. The second kappa shape index (κ2) is 8.74. The van der Waals surface area contributed by atoms with Gasteiger partial charge in [0.1, 0.15) is 16.9 Å². The molecule has 1 aliphatic heterocycles. The monoisotopic (exact) mass is 426 g/mol. The average Bonchev–Trinajstić information content (AvgIpc) is 3.31. The number of urea groups is 1. The Hall–Kier alpha value is -3.44. The van der Waals surface area contributed by atoms with E-state index in [0.717, 1.165) is 39.3 Å². The maximum atomic E-state index is 13.2. The van der Waals surface area contributed by atoms with Gasteiger partial charge in [-0.3, -0.25) is 0 Å². The molecule has 1 unspecified atom stereocenters. The van der Waals surface area contributed by atoms with Gasteiger partial charge in [0.15, 0.2) is 0 Å². The number of hydrogen-bond donors (Lipinski definition) is 1. The predicted octanol–water partition coefficient (Wildman–Crippen LogP) is 6.91. The van der Waals surface area contributed by atoms with Crippen molar-refractivity contribution < 1.29 is 9.53 Å². The van der Waals surface area contributed by atoms with E-state index in [1.807, 2.05) is 83.8 Å². The molecule has 0 spiro atoms. The second-order valence-corrected chi connectivity index (χ2v) is 8.55. The molecule has 5 heteroatoms. The van der Waals surface area contributed by atoms with Gasteiger partial charge in [-0.05, 0) is 41.3 Å². The summed E-state index contributed by atoms with van der Waals surface area (Å²) in [6.07, 6.45) is 0. The molecule has 1 fully saturated rings. The highest BCUT2D eigenvalue weighted by Crippen LogP contribution is 2.40. The Morgan fingerprint density at radius 2 is 1.61 bits per heavy atom. The third kappa shape index (κ3) is 4.23. The molecule has 0 radical (unpaired) electrons. The summed E-state index contributed by atoms with van der Waals surface area (Å²) in [4.78, 5) is 15.1. The molecule has 2 amide bonds. The molecule has 4 aromatic carbocycles. The van der Waals surface area contributed by atoms with Gasteiger partial charge in [-0.2, -0.15) is 0 Å². The first-order chi connectivity index (χ1) is 15.3. The summed E-state index contributed by atoms with van der Waals surface area (Å²) in [5.74, 6) is 2.46. The van der Waals surface area contributed by atoms with Gasteiger partial charge in [0.25, 0.3) is 0 Å². The Morgan fingerprint density at radius 3 is 2.52 bits per heavy atom. The lowest BCUT2D eigenvalue weighted by Gasteiger charge is -2.25. The Balaban J connectivity index is 1.36. The minimum absolute atomic E-state index is 0.0469. The molecule has 1 saturated heterocycles. The molecule has 4 aromatic rings. The molecule has 5 rings (SSSR count). The minimum Gasteiger partial charge on any atom is -0.457 e. The molecule has 0 saturated carbocycles. The number of benzene rings is 4. The summed E-state index contributed by atoms with van der Waals surface area (Å²) in [7, 11) is 0. The van der Waals surface area contributed by atoms with Gasteiger partial charge in [0, 0.05) is 17.7 Å². The van der Waals surface area contributed by atoms with Gasteiger partial charge in [-0.25, -0.2) is 4.79 Å². The van der Waals surface area contributed by atoms with Crippen LogP contribution in [-0.2, 0) is 0 Å². The number of ether oxygens (including phenoxy) is 1. The van der Waals surface area contributed by atoms with Crippen LogP contribution in [0.2, 0.25) is 0 Å². The quantitative estimate of drug-likeness (QED) is 0.385. The number of carbonyl (C=O) groups is 1. The number of thioether (sulfide) groups is 1. The SMILES string of the molecule is O=C(Nc1cccc2ccccc12)N1CCSC1c1cccc(Oc2ccccc2)c1. The number of nitrogens with one attached hydrogen (secondary N) is 1. The maximum Gasteiger partial charge on any atom is 0.323 e. The van der Waals surface area contributed by atoms with E-state index in [2.05, 4.69) is 23.5 Å². The summed E-state index contributed by atoms with van der Waals surface area (Å²) in [6.45, 7) is 0.704. The van der Waals surface area contributed by atoms with E-state index < -0.39 is 0 Å². The van der Waals surface area contributed by atoms with Crippen LogP contribution in [0.5, 0.6) is 11.5 Å². The first-order valence-corrected chi connectivity index (χ1v) is 11.3. The Kier molecular flexibility index (Phi) is 5.50. The lowest BCUT2D eigenvalue weighted by atomic mass is 10.1. The smallest absolute Gasteiger partial charge is 0.323 e. The van der Waals surface area contributed by atoms with Crippen molar-refractivity contribution in [1.29, 1.82) is 0 Å². The first-order valence-electron chi connectivity index (χ1n) is 10.3. The summed E-state index contributed by atoms with van der Waals surface area (Å²) in [6, 6.07) is 31.7. The van der Waals surface area contributed by atoms with Crippen molar-refractivity contribution in [3.63, 3.8) is 0 Å². The Bertz CT molecular complexity index is 1210.